The fraction of sp³-hybridized carbons (Fsp3) is 0.355. The van der Waals surface area contributed by atoms with Crippen molar-refractivity contribution < 1.29 is 18.0 Å². The third kappa shape index (κ3) is 8.96. The van der Waals surface area contributed by atoms with Crippen LogP contribution in [0.3, 0.4) is 0 Å². The van der Waals surface area contributed by atoms with E-state index in [1.807, 2.05) is 64.1 Å². The molecule has 10 heteroatoms. The predicted molar refractivity (Wildman–Crippen MR) is 167 cm³/mol. The normalized spacial score (nSPS) is 12.2. The van der Waals surface area contributed by atoms with E-state index >= 15 is 0 Å². The molecule has 3 aromatic carbocycles. The van der Waals surface area contributed by atoms with Crippen LogP contribution in [0.2, 0.25) is 10.0 Å². The molecule has 220 valence electrons. The van der Waals surface area contributed by atoms with Crippen LogP contribution in [0.25, 0.3) is 0 Å². The van der Waals surface area contributed by atoms with Gasteiger partial charge in [-0.15, -0.1) is 0 Å². The molecule has 7 nitrogen and oxygen atoms in total. The number of hydrogen-bond donors (Lipinski definition) is 1. The summed E-state index contributed by atoms with van der Waals surface area (Å²) in [5.41, 5.74) is 3.48. The summed E-state index contributed by atoms with van der Waals surface area (Å²) in [4.78, 5) is 29.3. The van der Waals surface area contributed by atoms with Gasteiger partial charge in [0.15, 0.2) is 0 Å². The van der Waals surface area contributed by atoms with Crippen molar-refractivity contribution in [3.8, 4) is 0 Å². The molecule has 0 heterocycles. The number of hydrogen-bond acceptors (Lipinski definition) is 4. The van der Waals surface area contributed by atoms with Gasteiger partial charge in [0.1, 0.15) is 12.6 Å². The van der Waals surface area contributed by atoms with E-state index in [1.165, 1.54) is 4.90 Å². The number of benzene rings is 3. The summed E-state index contributed by atoms with van der Waals surface area (Å²) in [6.07, 6.45) is 1.29. The lowest BCUT2D eigenvalue weighted by Crippen LogP contribution is -2.53. The molecular formula is C31H37Cl2N3O4S. The van der Waals surface area contributed by atoms with E-state index in [0.717, 1.165) is 27.3 Å². The van der Waals surface area contributed by atoms with Gasteiger partial charge in [0.05, 0.1) is 11.9 Å². The van der Waals surface area contributed by atoms with Crippen molar-refractivity contribution in [2.45, 2.75) is 46.7 Å². The summed E-state index contributed by atoms with van der Waals surface area (Å²) in [5, 5.41) is 3.73. The summed E-state index contributed by atoms with van der Waals surface area (Å²) >= 11 is 12.6. The van der Waals surface area contributed by atoms with Gasteiger partial charge in [-0.1, -0.05) is 85.6 Å². The van der Waals surface area contributed by atoms with Crippen LogP contribution in [0.15, 0.2) is 66.7 Å². The van der Waals surface area contributed by atoms with Gasteiger partial charge in [-0.2, -0.15) is 0 Å². The monoisotopic (exact) mass is 617 g/mol. The van der Waals surface area contributed by atoms with Crippen LogP contribution in [0.5, 0.6) is 0 Å². The number of carbonyl (C=O) groups is 2. The smallest absolute Gasteiger partial charge is 0.244 e. The van der Waals surface area contributed by atoms with E-state index in [0.29, 0.717) is 27.8 Å². The minimum atomic E-state index is -3.86. The van der Waals surface area contributed by atoms with E-state index < -0.39 is 28.5 Å². The Bertz CT molecular complexity index is 1480. The fourth-order valence-electron chi connectivity index (χ4n) is 4.41. The Labute approximate surface area is 253 Å². The van der Waals surface area contributed by atoms with Crippen LogP contribution in [-0.2, 0) is 32.6 Å². The average Bonchev–Trinajstić information content (AvgIpc) is 2.90. The highest BCUT2D eigenvalue weighted by Crippen LogP contribution is 2.27. The molecule has 3 rings (SSSR count). The highest BCUT2D eigenvalue weighted by atomic mass is 35.5. The van der Waals surface area contributed by atoms with Crippen molar-refractivity contribution in [3.05, 3.63) is 99.0 Å². The molecular weight excluding hydrogens is 581 g/mol. The zero-order valence-corrected chi connectivity index (χ0v) is 26.4. The number of aryl methyl sites for hydroxylation is 1. The first-order valence-electron chi connectivity index (χ1n) is 13.4. The maximum absolute atomic E-state index is 14.2. The van der Waals surface area contributed by atoms with Gasteiger partial charge in [0, 0.05) is 29.6 Å². The predicted octanol–water partition coefficient (Wildman–Crippen LogP) is 5.79. The van der Waals surface area contributed by atoms with E-state index in [2.05, 4.69) is 5.32 Å². The number of sulfonamides is 1. The van der Waals surface area contributed by atoms with E-state index in [1.54, 1.807) is 30.3 Å². The molecule has 0 aliphatic heterocycles. The molecule has 0 saturated heterocycles. The number of carbonyl (C=O) groups excluding carboxylic acids is 2. The topological polar surface area (TPSA) is 86.8 Å². The van der Waals surface area contributed by atoms with Crippen LogP contribution in [-0.4, -0.2) is 50.5 Å². The standard InChI is InChI=1S/C31H37Cl2N3O4S/c1-21(2)18-34-31(38)29(16-24-11-7-6-8-12-24)35(19-25-14-15-26(32)17-27(25)33)30(37)20-36(41(5,39)40)28-13-9-10-22(3)23(28)4/h6-15,17,21,29H,16,18-20H2,1-5H3,(H,34,38). The molecule has 1 atom stereocenters. The van der Waals surface area contributed by atoms with Gasteiger partial charge in [0.25, 0.3) is 0 Å². The van der Waals surface area contributed by atoms with E-state index in [9.17, 15) is 18.0 Å². The molecule has 0 spiro atoms. The van der Waals surface area contributed by atoms with Crippen molar-refractivity contribution in [2.24, 2.45) is 5.92 Å². The zero-order valence-electron chi connectivity index (χ0n) is 24.0. The summed E-state index contributed by atoms with van der Waals surface area (Å²) in [6, 6.07) is 18.7. The lowest BCUT2D eigenvalue weighted by molar-refractivity contribution is -0.140. The number of halogens is 2. The van der Waals surface area contributed by atoms with Crippen LogP contribution < -0.4 is 9.62 Å². The first-order chi connectivity index (χ1) is 19.3. The van der Waals surface area contributed by atoms with Crippen molar-refractivity contribution in [1.82, 2.24) is 10.2 Å². The van der Waals surface area contributed by atoms with E-state index in [4.69, 9.17) is 23.2 Å². The molecule has 0 radical (unpaired) electrons. The van der Waals surface area contributed by atoms with Crippen LogP contribution in [0, 0.1) is 19.8 Å². The lowest BCUT2D eigenvalue weighted by atomic mass is 10.0. The Morgan fingerprint density at radius 3 is 2.24 bits per heavy atom. The van der Waals surface area contributed by atoms with Gasteiger partial charge >= 0.3 is 0 Å². The number of nitrogens with zero attached hydrogens (tertiary/aromatic N) is 2. The number of rotatable bonds is 12. The minimum absolute atomic E-state index is 0.0220. The highest BCUT2D eigenvalue weighted by Gasteiger charge is 2.33. The minimum Gasteiger partial charge on any atom is -0.354 e. The van der Waals surface area contributed by atoms with E-state index in [-0.39, 0.29) is 24.8 Å². The lowest BCUT2D eigenvalue weighted by Gasteiger charge is -2.34. The summed E-state index contributed by atoms with van der Waals surface area (Å²) in [7, 11) is -3.86. The molecule has 0 saturated carbocycles. The molecule has 0 aliphatic rings. The Kier molecular flexibility index (Phi) is 11.2. The van der Waals surface area contributed by atoms with Gasteiger partial charge in [0.2, 0.25) is 21.8 Å². The second kappa shape index (κ2) is 14.2. The van der Waals surface area contributed by atoms with Crippen LogP contribution >= 0.6 is 23.2 Å². The maximum Gasteiger partial charge on any atom is 0.244 e. The molecule has 0 aromatic heterocycles. The van der Waals surface area contributed by atoms with Crippen molar-refractivity contribution in [1.29, 1.82) is 0 Å². The highest BCUT2D eigenvalue weighted by molar-refractivity contribution is 7.92. The van der Waals surface area contributed by atoms with Crippen LogP contribution in [0.4, 0.5) is 5.69 Å². The van der Waals surface area contributed by atoms with Crippen molar-refractivity contribution >= 4 is 50.7 Å². The molecule has 0 aliphatic carbocycles. The second-order valence-electron chi connectivity index (χ2n) is 10.6. The number of anilines is 1. The molecule has 1 N–H and O–H groups in total. The fourth-order valence-corrected chi connectivity index (χ4v) is 5.78. The maximum atomic E-state index is 14.2. The SMILES string of the molecule is Cc1cccc(N(CC(=O)N(Cc2ccc(Cl)cc2Cl)C(Cc2ccccc2)C(=O)NCC(C)C)S(C)(=O)=O)c1C. The molecule has 3 aromatic rings. The average molecular weight is 619 g/mol. The summed E-state index contributed by atoms with van der Waals surface area (Å²) in [5.74, 6) is -0.683. The molecule has 41 heavy (non-hydrogen) atoms. The zero-order chi connectivity index (χ0) is 30.3. The Balaban J connectivity index is 2.10. The summed E-state index contributed by atoms with van der Waals surface area (Å²) < 4.78 is 27.1. The van der Waals surface area contributed by atoms with Crippen molar-refractivity contribution in [3.63, 3.8) is 0 Å². The summed E-state index contributed by atoms with van der Waals surface area (Å²) in [6.45, 7) is 7.57. The van der Waals surface area contributed by atoms with Gasteiger partial charge in [-0.3, -0.25) is 13.9 Å². The first kappa shape index (κ1) is 32.4. The number of nitrogens with one attached hydrogen (secondary N) is 1. The Hall–Kier alpha value is -3.07. The molecule has 0 bridgehead atoms. The van der Waals surface area contributed by atoms with Crippen LogP contribution in [0.1, 0.15) is 36.1 Å². The number of amides is 2. The Morgan fingerprint density at radius 2 is 1.63 bits per heavy atom. The molecule has 2 amide bonds. The molecule has 0 fully saturated rings. The first-order valence-corrected chi connectivity index (χ1v) is 16.0. The Morgan fingerprint density at radius 1 is 0.951 bits per heavy atom. The molecule has 1 unspecified atom stereocenters. The third-order valence-electron chi connectivity index (χ3n) is 6.84. The van der Waals surface area contributed by atoms with Crippen molar-refractivity contribution in [2.75, 3.05) is 23.7 Å². The van der Waals surface area contributed by atoms with Gasteiger partial charge in [-0.05, 0) is 60.2 Å². The quantitative estimate of drug-likeness (QED) is 0.279. The van der Waals surface area contributed by atoms with Gasteiger partial charge < -0.3 is 10.2 Å². The second-order valence-corrected chi connectivity index (χ2v) is 13.3. The third-order valence-corrected chi connectivity index (χ3v) is 8.55. The van der Waals surface area contributed by atoms with Gasteiger partial charge in [-0.25, -0.2) is 8.42 Å². The largest absolute Gasteiger partial charge is 0.354 e.